The van der Waals surface area contributed by atoms with E-state index >= 15 is 0 Å². The quantitative estimate of drug-likeness (QED) is 0.733. The van der Waals surface area contributed by atoms with Crippen molar-refractivity contribution in [2.75, 3.05) is 6.61 Å². The number of nitrogens with zero attached hydrogens (tertiary/aromatic N) is 2. The second kappa shape index (κ2) is 7.58. The Balaban J connectivity index is 1.55. The summed E-state index contributed by atoms with van der Waals surface area (Å²) >= 11 is 0. The maximum Gasteiger partial charge on any atom is 0.336 e. The second-order valence-electron chi connectivity index (χ2n) is 6.68. The molecule has 0 unspecified atom stereocenters. The van der Waals surface area contributed by atoms with Crippen LogP contribution in [0.1, 0.15) is 40.2 Å². The van der Waals surface area contributed by atoms with E-state index in [9.17, 15) is 9.90 Å². The highest BCUT2D eigenvalue weighted by Gasteiger charge is 2.23. The highest BCUT2D eigenvalue weighted by atomic mass is 16.5. The third-order valence-corrected chi connectivity index (χ3v) is 5.03. The lowest BCUT2D eigenvalue weighted by Crippen LogP contribution is -2.15. The van der Waals surface area contributed by atoms with Crippen LogP contribution in [-0.4, -0.2) is 27.7 Å². The number of hydrogen-bond donors (Lipinski definition) is 1. The third kappa shape index (κ3) is 3.67. The van der Waals surface area contributed by atoms with E-state index in [4.69, 9.17) is 4.74 Å². The van der Waals surface area contributed by atoms with Gasteiger partial charge in [0, 0.05) is 24.2 Å². The third-order valence-electron chi connectivity index (χ3n) is 5.03. The molecular formula is C22H20N2O3. The van der Waals surface area contributed by atoms with Crippen molar-refractivity contribution in [3.63, 3.8) is 0 Å². The molecule has 3 heterocycles. The fourth-order valence-electron chi connectivity index (χ4n) is 3.62. The number of aromatic nitrogens is 2. The first kappa shape index (κ1) is 17.2. The van der Waals surface area contributed by atoms with Crippen molar-refractivity contribution in [2.24, 2.45) is 0 Å². The average Bonchev–Trinajstić information content (AvgIpc) is 2.72. The predicted octanol–water partition coefficient (Wildman–Crippen LogP) is 4.34. The zero-order valence-electron chi connectivity index (χ0n) is 14.8. The molecule has 0 radical (unpaired) electrons. The van der Waals surface area contributed by atoms with Gasteiger partial charge in [0.05, 0.1) is 17.9 Å². The van der Waals surface area contributed by atoms with Gasteiger partial charge < -0.3 is 9.84 Å². The van der Waals surface area contributed by atoms with Crippen LogP contribution in [0, 0.1) is 0 Å². The Morgan fingerprint density at radius 3 is 2.93 bits per heavy atom. The molecule has 0 spiro atoms. The molecule has 1 aromatic carbocycles. The molecule has 0 aliphatic carbocycles. The van der Waals surface area contributed by atoms with Crippen LogP contribution < -0.4 is 4.74 Å². The van der Waals surface area contributed by atoms with E-state index in [-0.39, 0.29) is 0 Å². The van der Waals surface area contributed by atoms with Crippen molar-refractivity contribution < 1.29 is 14.6 Å². The summed E-state index contributed by atoms with van der Waals surface area (Å²) < 4.78 is 5.90. The molecule has 3 aromatic rings. The summed E-state index contributed by atoms with van der Waals surface area (Å²) in [6.07, 6.45) is 7.45. The van der Waals surface area contributed by atoms with Crippen molar-refractivity contribution in [1.82, 2.24) is 9.97 Å². The Morgan fingerprint density at radius 2 is 2.11 bits per heavy atom. The van der Waals surface area contributed by atoms with Gasteiger partial charge in [-0.2, -0.15) is 0 Å². The molecule has 2 aromatic heterocycles. The molecule has 0 amide bonds. The van der Waals surface area contributed by atoms with Crippen molar-refractivity contribution in [3.05, 3.63) is 77.7 Å². The van der Waals surface area contributed by atoms with Crippen LogP contribution in [-0.2, 0) is 6.42 Å². The molecule has 1 atom stereocenters. The molecule has 0 fully saturated rings. The van der Waals surface area contributed by atoms with E-state index < -0.39 is 5.97 Å². The summed E-state index contributed by atoms with van der Waals surface area (Å²) in [6, 6.07) is 13.7. The number of ether oxygens (including phenoxy) is 1. The van der Waals surface area contributed by atoms with E-state index in [1.165, 1.54) is 11.8 Å². The summed E-state index contributed by atoms with van der Waals surface area (Å²) in [4.78, 5) is 19.9. The van der Waals surface area contributed by atoms with E-state index in [2.05, 4.69) is 28.2 Å². The molecule has 1 aliphatic rings. The number of benzene rings is 1. The molecule has 27 heavy (non-hydrogen) atoms. The van der Waals surface area contributed by atoms with Crippen LogP contribution in [0.3, 0.4) is 0 Å². The summed E-state index contributed by atoms with van der Waals surface area (Å²) in [7, 11) is 0. The standard InChI is InChI=1S/C22H20N2O3/c25-22(26)19-8-11-23-14-17(19)5-4-15-9-12-27-21-13-16(6-7-18(15)21)20-3-1-2-10-24-20/h1-3,6-8,10-11,13-15H,4-5,9,12H2,(H,25,26)/t15-/m0/s1. The number of carboxylic acids is 1. The monoisotopic (exact) mass is 360 g/mol. The molecule has 0 saturated heterocycles. The van der Waals surface area contributed by atoms with Crippen LogP contribution in [0.5, 0.6) is 5.75 Å². The molecule has 5 nitrogen and oxygen atoms in total. The van der Waals surface area contributed by atoms with Crippen LogP contribution in [0.4, 0.5) is 0 Å². The molecule has 136 valence electrons. The van der Waals surface area contributed by atoms with Gasteiger partial charge in [-0.3, -0.25) is 9.97 Å². The van der Waals surface area contributed by atoms with Gasteiger partial charge in [0.2, 0.25) is 0 Å². The van der Waals surface area contributed by atoms with Crippen molar-refractivity contribution in [2.45, 2.75) is 25.2 Å². The van der Waals surface area contributed by atoms with Gasteiger partial charge in [-0.15, -0.1) is 0 Å². The maximum atomic E-state index is 11.4. The Morgan fingerprint density at radius 1 is 1.19 bits per heavy atom. The summed E-state index contributed by atoms with van der Waals surface area (Å²) in [5.41, 5.74) is 4.26. The van der Waals surface area contributed by atoms with Gasteiger partial charge in [-0.25, -0.2) is 4.79 Å². The maximum absolute atomic E-state index is 11.4. The topological polar surface area (TPSA) is 72.3 Å². The normalized spacial score (nSPS) is 15.6. The van der Waals surface area contributed by atoms with Gasteiger partial charge in [0.25, 0.3) is 0 Å². The van der Waals surface area contributed by atoms with E-state index in [1.807, 2.05) is 18.2 Å². The van der Waals surface area contributed by atoms with E-state index in [0.717, 1.165) is 35.4 Å². The van der Waals surface area contributed by atoms with Crippen LogP contribution in [0.25, 0.3) is 11.3 Å². The first-order chi connectivity index (χ1) is 13.2. The summed E-state index contributed by atoms with van der Waals surface area (Å²) in [5, 5.41) is 9.35. The largest absolute Gasteiger partial charge is 0.493 e. The number of aryl methyl sites for hydroxylation is 1. The van der Waals surface area contributed by atoms with E-state index in [1.54, 1.807) is 18.5 Å². The summed E-state index contributed by atoms with van der Waals surface area (Å²) in [6.45, 7) is 0.669. The molecule has 0 bridgehead atoms. The minimum Gasteiger partial charge on any atom is -0.493 e. The number of hydrogen-bond acceptors (Lipinski definition) is 4. The molecule has 1 N–H and O–H groups in total. The fourth-order valence-corrected chi connectivity index (χ4v) is 3.62. The van der Waals surface area contributed by atoms with Gasteiger partial charge in [0.15, 0.2) is 0 Å². The highest BCUT2D eigenvalue weighted by Crippen LogP contribution is 2.38. The number of carboxylic acid groups (broad SMARTS) is 1. The first-order valence-corrected chi connectivity index (χ1v) is 9.06. The Kier molecular flexibility index (Phi) is 4.83. The lowest BCUT2D eigenvalue weighted by Gasteiger charge is -2.26. The van der Waals surface area contributed by atoms with Gasteiger partial charge in [-0.05, 0) is 60.6 Å². The Hall–Kier alpha value is -3.21. The molecule has 0 saturated carbocycles. The summed E-state index contributed by atoms with van der Waals surface area (Å²) in [5.74, 6) is 0.340. The zero-order valence-corrected chi connectivity index (χ0v) is 14.8. The lowest BCUT2D eigenvalue weighted by molar-refractivity contribution is 0.0695. The smallest absolute Gasteiger partial charge is 0.336 e. The Labute approximate surface area is 157 Å². The minimum atomic E-state index is -0.903. The minimum absolute atomic E-state index is 0.336. The van der Waals surface area contributed by atoms with Crippen LogP contribution >= 0.6 is 0 Å². The zero-order chi connectivity index (χ0) is 18.6. The number of aromatic carboxylic acids is 1. The number of pyridine rings is 2. The fraction of sp³-hybridized carbons (Fsp3) is 0.227. The van der Waals surface area contributed by atoms with E-state index in [0.29, 0.717) is 24.5 Å². The molecule has 1 aliphatic heterocycles. The van der Waals surface area contributed by atoms with Gasteiger partial charge in [0.1, 0.15) is 5.75 Å². The molecule has 4 rings (SSSR count). The second-order valence-corrected chi connectivity index (χ2v) is 6.68. The van der Waals surface area contributed by atoms with Gasteiger partial charge >= 0.3 is 5.97 Å². The molecule has 5 heteroatoms. The lowest BCUT2D eigenvalue weighted by atomic mass is 9.86. The van der Waals surface area contributed by atoms with Crippen LogP contribution in [0.15, 0.2) is 61.1 Å². The number of carbonyl (C=O) groups is 1. The predicted molar refractivity (Wildman–Crippen MR) is 102 cm³/mol. The van der Waals surface area contributed by atoms with Gasteiger partial charge in [-0.1, -0.05) is 18.2 Å². The average molecular weight is 360 g/mol. The van der Waals surface area contributed by atoms with Crippen LogP contribution in [0.2, 0.25) is 0 Å². The molecular weight excluding hydrogens is 340 g/mol. The van der Waals surface area contributed by atoms with Crippen molar-refractivity contribution in [1.29, 1.82) is 0 Å². The number of rotatable bonds is 5. The van der Waals surface area contributed by atoms with Crippen molar-refractivity contribution >= 4 is 5.97 Å². The number of fused-ring (bicyclic) bond motifs is 1. The Bertz CT molecular complexity index is 957. The SMILES string of the molecule is O=C(O)c1ccncc1CC[C@H]1CCOc2cc(-c3ccccn3)ccc21. The van der Waals surface area contributed by atoms with Crippen molar-refractivity contribution in [3.8, 4) is 17.0 Å². The first-order valence-electron chi connectivity index (χ1n) is 9.06. The highest BCUT2D eigenvalue weighted by molar-refractivity contribution is 5.89.